The molecule has 142 valence electrons. The molecule has 1 N–H and O–H groups in total. The number of ether oxygens (including phenoxy) is 1. The minimum absolute atomic E-state index is 0.246. The first-order chi connectivity index (χ1) is 13.7. The monoisotopic (exact) mass is 440 g/mol. The second kappa shape index (κ2) is 7.91. The number of aromatic nitrogens is 5. The number of amides is 1. The van der Waals surface area contributed by atoms with Crippen LogP contribution in [0.3, 0.4) is 0 Å². The number of tetrazole rings is 1. The highest BCUT2D eigenvalue weighted by molar-refractivity contribution is 9.10. The van der Waals surface area contributed by atoms with Gasteiger partial charge in [-0.15, -0.1) is 5.10 Å². The molecule has 4 aromatic rings. The molecule has 0 saturated carbocycles. The fourth-order valence-corrected chi connectivity index (χ4v) is 3.43. The van der Waals surface area contributed by atoms with E-state index in [1.807, 2.05) is 36.5 Å². The molecule has 2 aromatic heterocycles. The molecule has 0 aliphatic heterocycles. The van der Waals surface area contributed by atoms with Gasteiger partial charge in [-0.2, -0.15) is 4.68 Å². The fourth-order valence-electron chi connectivity index (χ4n) is 3.07. The minimum Gasteiger partial charge on any atom is -0.383 e. The first kappa shape index (κ1) is 18.3. The zero-order valence-corrected chi connectivity index (χ0v) is 16.6. The molecule has 0 atom stereocenters. The summed E-state index contributed by atoms with van der Waals surface area (Å²) in [6.45, 7) is 1.36. The van der Waals surface area contributed by atoms with Crippen molar-refractivity contribution < 1.29 is 9.53 Å². The fraction of sp³-hybridized carbons (Fsp3) is 0.158. The molecule has 0 saturated heterocycles. The Kier molecular flexibility index (Phi) is 5.18. The molecule has 28 heavy (non-hydrogen) atoms. The molecule has 0 aliphatic carbocycles. The number of nitrogens with one attached hydrogen (secondary N) is 1. The molecule has 8 nitrogen and oxygen atoms in total. The van der Waals surface area contributed by atoms with E-state index in [1.165, 1.54) is 11.0 Å². The predicted octanol–water partition coefficient (Wildman–Crippen LogP) is 3.28. The van der Waals surface area contributed by atoms with Crippen LogP contribution in [0.4, 0.5) is 5.69 Å². The lowest BCUT2D eigenvalue weighted by Crippen LogP contribution is -2.15. The molecule has 1 amide bonds. The molecular weight excluding hydrogens is 424 g/mol. The summed E-state index contributed by atoms with van der Waals surface area (Å²) in [5.41, 5.74) is 2.82. The van der Waals surface area contributed by atoms with Gasteiger partial charge >= 0.3 is 0 Å². The number of rotatable bonds is 6. The molecule has 2 heterocycles. The van der Waals surface area contributed by atoms with Gasteiger partial charge in [0.05, 0.1) is 29.1 Å². The smallest absolute Gasteiger partial charge is 0.257 e. The lowest BCUT2D eigenvalue weighted by atomic mass is 10.1. The molecule has 0 radical (unpaired) electrons. The van der Waals surface area contributed by atoms with Gasteiger partial charge < -0.3 is 14.6 Å². The summed E-state index contributed by atoms with van der Waals surface area (Å²) < 4.78 is 9.51. The summed E-state index contributed by atoms with van der Waals surface area (Å²) in [4.78, 5) is 13.1. The number of halogens is 1. The third-order valence-electron chi connectivity index (χ3n) is 4.40. The van der Waals surface area contributed by atoms with Crippen molar-refractivity contribution in [1.29, 1.82) is 0 Å². The number of nitrogens with zero attached hydrogens (tertiary/aromatic N) is 5. The SMILES string of the molecule is COCCn1ccc2c(NC(=O)c3cc(Br)ccc3-n3cnnn3)cccc21. The Morgan fingerprint density at radius 2 is 2.14 bits per heavy atom. The third-order valence-corrected chi connectivity index (χ3v) is 4.89. The Balaban J connectivity index is 1.68. The maximum atomic E-state index is 13.1. The van der Waals surface area contributed by atoms with Gasteiger partial charge in [0.2, 0.25) is 0 Å². The van der Waals surface area contributed by atoms with Crippen LogP contribution in [0.5, 0.6) is 0 Å². The van der Waals surface area contributed by atoms with Crippen LogP contribution in [0.1, 0.15) is 10.4 Å². The van der Waals surface area contributed by atoms with Crippen molar-refractivity contribution in [3.8, 4) is 5.69 Å². The first-order valence-corrected chi connectivity index (χ1v) is 9.38. The lowest BCUT2D eigenvalue weighted by Gasteiger charge is -2.11. The molecular formula is C19H17BrN6O2. The number of fused-ring (bicyclic) bond motifs is 1. The van der Waals surface area contributed by atoms with Crippen molar-refractivity contribution in [2.24, 2.45) is 0 Å². The zero-order chi connectivity index (χ0) is 19.5. The maximum absolute atomic E-state index is 13.1. The molecule has 4 rings (SSSR count). The van der Waals surface area contributed by atoms with Gasteiger partial charge in [-0.25, -0.2) is 0 Å². The minimum atomic E-state index is -0.246. The number of anilines is 1. The van der Waals surface area contributed by atoms with Crippen LogP contribution in [0.15, 0.2) is 59.5 Å². The van der Waals surface area contributed by atoms with E-state index in [1.54, 1.807) is 19.2 Å². The van der Waals surface area contributed by atoms with Crippen molar-refractivity contribution in [2.45, 2.75) is 6.54 Å². The predicted molar refractivity (Wildman–Crippen MR) is 109 cm³/mol. The number of methoxy groups -OCH3 is 1. The Morgan fingerprint density at radius 1 is 1.25 bits per heavy atom. The van der Waals surface area contributed by atoms with E-state index in [9.17, 15) is 4.79 Å². The topological polar surface area (TPSA) is 86.9 Å². The lowest BCUT2D eigenvalue weighted by molar-refractivity contribution is 0.102. The number of carbonyl (C=O) groups excluding carboxylic acids is 1. The van der Waals surface area contributed by atoms with E-state index in [0.29, 0.717) is 17.9 Å². The van der Waals surface area contributed by atoms with Crippen molar-refractivity contribution in [1.82, 2.24) is 24.8 Å². The molecule has 9 heteroatoms. The van der Waals surface area contributed by atoms with E-state index in [-0.39, 0.29) is 5.91 Å². The highest BCUT2D eigenvalue weighted by Crippen LogP contribution is 2.26. The average molecular weight is 441 g/mol. The third kappa shape index (κ3) is 3.54. The van der Waals surface area contributed by atoms with Gasteiger partial charge in [-0.05, 0) is 46.8 Å². The molecule has 0 spiro atoms. The highest BCUT2D eigenvalue weighted by atomic mass is 79.9. The largest absolute Gasteiger partial charge is 0.383 e. The van der Waals surface area contributed by atoms with Gasteiger partial charge in [0.25, 0.3) is 5.91 Å². The van der Waals surface area contributed by atoms with Gasteiger partial charge in [0, 0.05) is 29.7 Å². The van der Waals surface area contributed by atoms with Crippen molar-refractivity contribution in [3.63, 3.8) is 0 Å². The highest BCUT2D eigenvalue weighted by Gasteiger charge is 2.16. The maximum Gasteiger partial charge on any atom is 0.257 e. The number of benzene rings is 2. The first-order valence-electron chi connectivity index (χ1n) is 8.58. The number of carbonyl (C=O) groups is 1. The average Bonchev–Trinajstić information content (AvgIpc) is 3.37. The summed E-state index contributed by atoms with van der Waals surface area (Å²) in [7, 11) is 1.68. The molecule has 0 bridgehead atoms. The van der Waals surface area contributed by atoms with Crippen LogP contribution >= 0.6 is 15.9 Å². The summed E-state index contributed by atoms with van der Waals surface area (Å²) >= 11 is 3.42. The van der Waals surface area contributed by atoms with Crippen molar-refractivity contribution in [3.05, 3.63) is 65.0 Å². The second-order valence-corrected chi connectivity index (χ2v) is 7.03. The molecule has 2 aromatic carbocycles. The van der Waals surface area contributed by atoms with E-state index >= 15 is 0 Å². The Morgan fingerprint density at radius 3 is 2.93 bits per heavy atom. The van der Waals surface area contributed by atoms with Crippen LogP contribution in [0.2, 0.25) is 0 Å². The standard InChI is InChI=1S/C19H17BrN6O2/c1-28-10-9-25-8-7-14-16(3-2-4-17(14)25)22-19(27)15-11-13(20)5-6-18(15)26-12-21-23-24-26/h2-8,11-12H,9-10H2,1H3,(H,22,27). The molecule has 0 unspecified atom stereocenters. The van der Waals surface area contributed by atoms with Crippen LogP contribution < -0.4 is 5.32 Å². The summed E-state index contributed by atoms with van der Waals surface area (Å²) in [6, 6.07) is 13.2. The quantitative estimate of drug-likeness (QED) is 0.496. The van der Waals surface area contributed by atoms with Crippen molar-refractivity contribution in [2.75, 3.05) is 19.0 Å². The molecule has 0 fully saturated rings. The van der Waals surface area contributed by atoms with Crippen LogP contribution in [0.25, 0.3) is 16.6 Å². The molecule has 0 aliphatic rings. The summed E-state index contributed by atoms with van der Waals surface area (Å²) in [6.07, 6.45) is 3.45. The van der Waals surface area contributed by atoms with E-state index in [0.717, 1.165) is 27.6 Å². The zero-order valence-electron chi connectivity index (χ0n) is 15.0. The number of hydrogen-bond acceptors (Lipinski definition) is 5. The second-order valence-electron chi connectivity index (χ2n) is 6.11. The Hall–Kier alpha value is -3.04. The normalized spacial score (nSPS) is 11.1. The summed E-state index contributed by atoms with van der Waals surface area (Å²) in [5.74, 6) is -0.246. The Bertz CT molecular complexity index is 1120. The number of hydrogen-bond donors (Lipinski definition) is 1. The van der Waals surface area contributed by atoms with E-state index < -0.39 is 0 Å². The van der Waals surface area contributed by atoms with Gasteiger partial charge in [-0.1, -0.05) is 22.0 Å². The van der Waals surface area contributed by atoms with Crippen LogP contribution in [-0.4, -0.2) is 44.4 Å². The van der Waals surface area contributed by atoms with E-state index in [2.05, 4.69) is 41.3 Å². The van der Waals surface area contributed by atoms with Crippen LogP contribution in [0, 0.1) is 0 Å². The van der Waals surface area contributed by atoms with Gasteiger partial charge in [0.1, 0.15) is 6.33 Å². The summed E-state index contributed by atoms with van der Waals surface area (Å²) in [5, 5.41) is 15.2. The van der Waals surface area contributed by atoms with Gasteiger partial charge in [0.15, 0.2) is 0 Å². The van der Waals surface area contributed by atoms with Crippen LogP contribution in [-0.2, 0) is 11.3 Å². The van der Waals surface area contributed by atoms with E-state index in [4.69, 9.17) is 4.74 Å². The van der Waals surface area contributed by atoms with Crippen molar-refractivity contribution >= 4 is 38.4 Å². The Labute approximate surface area is 169 Å². The van der Waals surface area contributed by atoms with Gasteiger partial charge in [-0.3, -0.25) is 4.79 Å².